The Bertz CT molecular complexity index is 924. The zero-order valence-electron chi connectivity index (χ0n) is 14.2. The number of nitrogens with zero attached hydrogens (tertiary/aromatic N) is 1. The van der Waals surface area contributed by atoms with Gasteiger partial charge in [0.05, 0.1) is 18.0 Å². The number of halogens is 1. The van der Waals surface area contributed by atoms with Crippen LogP contribution in [0.1, 0.15) is 12.5 Å². The topological polar surface area (TPSA) is 78.9 Å². The maximum Gasteiger partial charge on any atom is 0.283 e. The van der Waals surface area contributed by atoms with Gasteiger partial charge in [0.15, 0.2) is 0 Å². The van der Waals surface area contributed by atoms with E-state index in [1.807, 2.05) is 13.8 Å². The van der Waals surface area contributed by atoms with Gasteiger partial charge in [-0.2, -0.15) is 0 Å². The van der Waals surface area contributed by atoms with Gasteiger partial charge in [-0.15, -0.1) is 0 Å². The summed E-state index contributed by atoms with van der Waals surface area (Å²) in [6, 6.07) is 11.6. The number of hydrogen-bond donors (Lipinski definition) is 2. The van der Waals surface area contributed by atoms with E-state index < -0.39 is 11.8 Å². The van der Waals surface area contributed by atoms with E-state index in [1.165, 1.54) is 6.07 Å². The second kappa shape index (κ2) is 7.09. The van der Waals surface area contributed by atoms with E-state index in [2.05, 4.69) is 5.32 Å². The van der Waals surface area contributed by atoms with E-state index in [4.69, 9.17) is 16.3 Å². The molecule has 0 aromatic heterocycles. The molecule has 1 heterocycles. The fourth-order valence-electron chi connectivity index (χ4n) is 2.63. The minimum Gasteiger partial charge on any atom is -0.506 e. The molecule has 7 heteroatoms. The molecule has 6 nitrogen and oxygen atoms in total. The van der Waals surface area contributed by atoms with E-state index in [-0.39, 0.29) is 16.5 Å². The van der Waals surface area contributed by atoms with Crippen molar-refractivity contribution in [2.75, 3.05) is 16.8 Å². The van der Waals surface area contributed by atoms with Gasteiger partial charge in [-0.25, -0.2) is 4.90 Å². The number of benzene rings is 2. The summed E-state index contributed by atoms with van der Waals surface area (Å²) in [6.07, 6.45) is 0. The summed E-state index contributed by atoms with van der Waals surface area (Å²) in [4.78, 5) is 26.4. The highest BCUT2D eigenvalue weighted by Gasteiger charge is 2.40. The largest absolute Gasteiger partial charge is 0.506 e. The number of phenolic OH excluding ortho intramolecular Hbond substituents is 1. The molecule has 0 unspecified atom stereocenters. The molecule has 0 bridgehead atoms. The van der Waals surface area contributed by atoms with Crippen molar-refractivity contribution >= 4 is 34.8 Å². The van der Waals surface area contributed by atoms with Crippen LogP contribution < -0.4 is 15.0 Å². The molecule has 0 spiro atoms. The van der Waals surface area contributed by atoms with Crippen molar-refractivity contribution < 1.29 is 19.4 Å². The van der Waals surface area contributed by atoms with Gasteiger partial charge in [0.1, 0.15) is 22.2 Å². The molecule has 0 saturated heterocycles. The molecule has 2 N–H and O–H groups in total. The lowest BCUT2D eigenvalue weighted by atomic mass is 10.2. The average molecular weight is 373 g/mol. The number of carbonyl (C=O) groups is 2. The Morgan fingerprint density at radius 3 is 2.62 bits per heavy atom. The van der Waals surface area contributed by atoms with Crippen LogP contribution in [0, 0.1) is 6.92 Å². The number of aromatic hydroxyl groups is 1. The fraction of sp³-hybridized carbons (Fsp3) is 0.158. The van der Waals surface area contributed by atoms with Crippen molar-refractivity contribution in [3.63, 3.8) is 0 Å². The highest BCUT2D eigenvalue weighted by molar-refractivity contribution is 6.53. The number of nitrogens with one attached hydrogen (secondary N) is 1. The smallest absolute Gasteiger partial charge is 0.283 e. The van der Waals surface area contributed by atoms with Crippen LogP contribution in [0.25, 0.3) is 0 Å². The number of hydrogen-bond acceptors (Lipinski definition) is 5. The Balaban J connectivity index is 1.97. The summed E-state index contributed by atoms with van der Waals surface area (Å²) in [6.45, 7) is 4.03. The number of carbonyl (C=O) groups excluding carboxylic acids is 2. The molecule has 3 rings (SSSR count). The molecule has 2 amide bonds. The number of para-hydroxylation sites is 2. The number of phenols is 1. The van der Waals surface area contributed by atoms with Crippen LogP contribution in [0.3, 0.4) is 0 Å². The highest BCUT2D eigenvalue weighted by atomic mass is 35.5. The summed E-state index contributed by atoms with van der Waals surface area (Å²) in [5.41, 5.74) is 1.38. The summed E-state index contributed by atoms with van der Waals surface area (Å²) in [5.74, 6) is -0.923. The summed E-state index contributed by atoms with van der Waals surface area (Å²) in [7, 11) is 0. The molecule has 1 aliphatic heterocycles. The maximum absolute atomic E-state index is 12.8. The van der Waals surface area contributed by atoms with Gasteiger partial charge >= 0.3 is 0 Å². The van der Waals surface area contributed by atoms with E-state index in [9.17, 15) is 14.7 Å². The molecule has 0 atom stereocenters. The van der Waals surface area contributed by atoms with Crippen LogP contribution in [-0.4, -0.2) is 23.5 Å². The lowest BCUT2D eigenvalue weighted by Gasteiger charge is -2.18. The molecular weight excluding hydrogens is 356 g/mol. The number of aryl methyl sites for hydroxylation is 1. The number of ether oxygens (including phenoxy) is 1. The van der Waals surface area contributed by atoms with E-state index in [1.54, 1.807) is 36.4 Å². The first-order valence-electron chi connectivity index (χ1n) is 8.01. The number of imide groups is 1. The van der Waals surface area contributed by atoms with Crippen molar-refractivity contribution in [1.82, 2.24) is 0 Å². The third-order valence-electron chi connectivity index (χ3n) is 3.85. The minimum absolute atomic E-state index is 0.0546. The van der Waals surface area contributed by atoms with Crippen LogP contribution in [0.5, 0.6) is 11.5 Å². The van der Waals surface area contributed by atoms with Gasteiger partial charge in [0, 0.05) is 0 Å². The molecule has 26 heavy (non-hydrogen) atoms. The first-order valence-corrected chi connectivity index (χ1v) is 8.38. The molecule has 0 radical (unpaired) electrons. The first-order chi connectivity index (χ1) is 12.4. The van der Waals surface area contributed by atoms with E-state index >= 15 is 0 Å². The van der Waals surface area contributed by atoms with Crippen LogP contribution in [0.2, 0.25) is 0 Å². The van der Waals surface area contributed by atoms with E-state index in [0.717, 1.165) is 10.5 Å². The molecule has 0 aliphatic carbocycles. The Labute approximate surface area is 155 Å². The third kappa shape index (κ3) is 3.11. The molecule has 2 aromatic carbocycles. The van der Waals surface area contributed by atoms with E-state index in [0.29, 0.717) is 23.7 Å². The standard InChI is InChI=1S/C19H17ClN2O4/c1-3-26-15-7-5-4-6-13(15)22-18(24)16(20)17(19(22)25)21-12-10-11(2)8-9-14(12)23/h4-10,21,23H,3H2,1-2H3. The second-order valence-corrected chi connectivity index (χ2v) is 6.06. The van der Waals surface area contributed by atoms with Gasteiger partial charge in [0.25, 0.3) is 11.8 Å². The Morgan fingerprint density at radius 2 is 1.88 bits per heavy atom. The third-order valence-corrected chi connectivity index (χ3v) is 4.20. The van der Waals surface area contributed by atoms with Gasteiger partial charge in [-0.3, -0.25) is 9.59 Å². The SMILES string of the molecule is CCOc1ccccc1N1C(=O)C(Cl)=C(Nc2cc(C)ccc2O)C1=O. The van der Waals surface area contributed by atoms with Crippen molar-refractivity contribution in [3.8, 4) is 11.5 Å². The van der Waals surface area contributed by atoms with Crippen LogP contribution >= 0.6 is 11.6 Å². The lowest BCUT2D eigenvalue weighted by Crippen LogP contribution is -2.32. The average Bonchev–Trinajstić information content (AvgIpc) is 2.82. The van der Waals surface area contributed by atoms with Crippen molar-refractivity contribution in [1.29, 1.82) is 0 Å². The Hall–Kier alpha value is -2.99. The maximum atomic E-state index is 12.8. The molecule has 1 aliphatic rings. The van der Waals surface area contributed by atoms with Gasteiger partial charge in [-0.05, 0) is 43.7 Å². The highest BCUT2D eigenvalue weighted by Crippen LogP contribution is 2.36. The van der Waals surface area contributed by atoms with Crippen LogP contribution in [-0.2, 0) is 9.59 Å². The zero-order valence-corrected chi connectivity index (χ0v) is 15.0. The molecule has 2 aromatic rings. The number of rotatable bonds is 5. The van der Waals surface area contributed by atoms with Crippen LogP contribution in [0.15, 0.2) is 53.2 Å². The quantitative estimate of drug-likeness (QED) is 0.620. The monoisotopic (exact) mass is 372 g/mol. The number of anilines is 2. The first kappa shape index (κ1) is 17.8. The molecule has 0 fully saturated rings. The normalized spacial score (nSPS) is 14.2. The Morgan fingerprint density at radius 1 is 1.15 bits per heavy atom. The van der Waals surface area contributed by atoms with Crippen molar-refractivity contribution in [2.45, 2.75) is 13.8 Å². The molecule has 0 saturated carbocycles. The summed E-state index contributed by atoms with van der Waals surface area (Å²) >= 11 is 6.12. The van der Waals surface area contributed by atoms with Crippen molar-refractivity contribution in [2.24, 2.45) is 0 Å². The van der Waals surface area contributed by atoms with Gasteiger partial charge in [0.2, 0.25) is 0 Å². The lowest BCUT2D eigenvalue weighted by molar-refractivity contribution is -0.120. The fourth-order valence-corrected chi connectivity index (χ4v) is 2.85. The predicted molar refractivity (Wildman–Crippen MR) is 99.4 cm³/mol. The Kier molecular flexibility index (Phi) is 4.86. The van der Waals surface area contributed by atoms with Gasteiger partial charge in [-0.1, -0.05) is 29.8 Å². The minimum atomic E-state index is -0.654. The molecular formula is C19H17ClN2O4. The summed E-state index contributed by atoms with van der Waals surface area (Å²) in [5, 5.41) is 12.5. The molecule has 134 valence electrons. The number of amides is 2. The zero-order chi connectivity index (χ0) is 18.8. The summed E-state index contributed by atoms with van der Waals surface area (Å²) < 4.78 is 5.50. The second-order valence-electron chi connectivity index (χ2n) is 5.68. The van der Waals surface area contributed by atoms with Gasteiger partial charge < -0.3 is 15.2 Å². The van der Waals surface area contributed by atoms with Crippen LogP contribution in [0.4, 0.5) is 11.4 Å². The van der Waals surface area contributed by atoms with Crippen molar-refractivity contribution in [3.05, 3.63) is 58.8 Å². The predicted octanol–water partition coefficient (Wildman–Crippen LogP) is 3.54.